The van der Waals surface area contributed by atoms with Gasteiger partial charge in [-0.15, -0.1) is 11.3 Å². The number of fused-ring (bicyclic) bond motifs is 3. The van der Waals surface area contributed by atoms with Crippen molar-refractivity contribution in [2.45, 2.75) is 51.0 Å². The van der Waals surface area contributed by atoms with Gasteiger partial charge in [0.2, 0.25) is 0 Å². The predicted octanol–water partition coefficient (Wildman–Crippen LogP) is 2.46. The van der Waals surface area contributed by atoms with E-state index in [1.54, 1.807) is 30.4 Å². The molecule has 0 aliphatic heterocycles. The van der Waals surface area contributed by atoms with Gasteiger partial charge in [-0.05, 0) is 57.2 Å². The van der Waals surface area contributed by atoms with Crippen LogP contribution in [0.3, 0.4) is 0 Å². The molecule has 1 aromatic carbocycles. The molecule has 0 spiro atoms. The third kappa shape index (κ3) is 3.72. The summed E-state index contributed by atoms with van der Waals surface area (Å²) in [5, 5.41) is 0.574. The molecule has 7 nitrogen and oxygen atoms in total. The summed E-state index contributed by atoms with van der Waals surface area (Å²) in [5.74, 6) is -0.384. The number of nitrogens with one attached hydrogen (secondary N) is 1. The second-order valence-electron chi connectivity index (χ2n) is 7.28. The maximum atomic E-state index is 13.1. The summed E-state index contributed by atoms with van der Waals surface area (Å²) in [5.41, 5.74) is 1.67. The number of rotatable bonds is 4. The Balaban J connectivity index is 1.64. The van der Waals surface area contributed by atoms with Crippen molar-refractivity contribution in [3.8, 4) is 0 Å². The summed E-state index contributed by atoms with van der Waals surface area (Å²) in [6.07, 6.45) is 3.92. The molecule has 1 aliphatic carbocycles. The number of amides is 1. The van der Waals surface area contributed by atoms with E-state index in [1.165, 1.54) is 21.6 Å². The first-order valence-corrected chi connectivity index (χ1v) is 11.7. The molecule has 9 heteroatoms. The number of aryl methyl sites for hydroxylation is 4. The highest BCUT2D eigenvalue weighted by Gasteiger charge is 2.23. The molecule has 3 aromatic rings. The lowest BCUT2D eigenvalue weighted by Crippen LogP contribution is -2.37. The van der Waals surface area contributed by atoms with Gasteiger partial charge in [0.15, 0.2) is 0 Å². The van der Waals surface area contributed by atoms with Crippen LogP contribution in [0.2, 0.25) is 0 Å². The maximum absolute atomic E-state index is 13.1. The van der Waals surface area contributed by atoms with E-state index in [0.29, 0.717) is 16.0 Å². The quantitative estimate of drug-likeness (QED) is 0.684. The predicted molar refractivity (Wildman–Crippen MR) is 112 cm³/mol. The maximum Gasteiger partial charge on any atom is 0.264 e. The molecule has 0 atom stereocenters. The van der Waals surface area contributed by atoms with Crippen molar-refractivity contribution in [3.63, 3.8) is 0 Å². The van der Waals surface area contributed by atoms with Gasteiger partial charge < -0.3 is 0 Å². The van der Waals surface area contributed by atoms with E-state index in [9.17, 15) is 18.0 Å². The average molecular weight is 432 g/mol. The molecule has 4 rings (SSSR count). The number of aromatic nitrogens is 2. The standard InChI is InChI=1S/C20H21N3O4S2/c1-12-7-9-14(10-8-12)29(26,27)22-17(24)11-23-13(2)21-19-18(20(23)25)15-5-3-4-6-16(15)28-19/h7-10H,3-6,11H2,1-2H3,(H,22,24). The highest BCUT2D eigenvalue weighted by Crippen LogP contribution is 2.33. The third-order valence-corrected chi connectivity index (χ3v) is 7.72. The van der Waals surface area contributed by atoms with Crippen LogP contribution in [0.15, 0.2) is 34.0 Å². The number of benzene rings is 1. The summed E-state index contributed by atoms with van der Waals surface area (Å²) >= 11 is 1.54. The van der Waals surface area contributed by atoms with Crippen LogP contribution in [0.4, 0.5) is 0 Å². The number of hydrogen-bond donors (Lipinski definition) is 1. The number of carbonyl (C=O) groups excluding carboxylic acids is 1. The first-order chi connectivity index (χ1) is 13.8. The molecule has 2 aromatic heterocycles. The van der Waals surface area contributed by atoms with E-state index in [1.807, 2.05) is 11.6 Å². The lowest BCUT2D eigenvalue weighted by atomic mass is 9.97. The number of hydrogen-bond acceptors (Lipinski definition) is 6. The Kier molecular flexibility index (Phi) is 5.04. The van der Waals surface area contributed by atoms with Crippen molar-refractivity contribution in [1.29, 1.82) is 0 Å². The van der Waals surface area contributed by atoms with E-state index in [0.717, 1.165) is 36.8 Å². The zero-order valence-electron chi connectivity index (χ0n) is 16.2. The van der Waals surface area contributed by atoms with Crippen molar-refractivity contribution in [3.05, 3.63) is 56.4 Å². The highest BCUT2D eigenvalue weighted by molar-refractivity contribution is 7.90. The van der Waals surface area contributed by atoms with E-state index in [2.05, 4.69) is 4.98 Å². The van der Waals surface area contributed by atoms with E-state index >= 15 is 0 Å². The summed E-state index contributed by atoms with van der Waals surface area (Å²) in [6.45, 7) is 3.10. The largest absolute Gasteiger partial charge is 0.287 e. The van der Waals surface area contributed by atoms with Crippen molar-refractivity contribution in [2.75, 3.05) is 0 Å². The van der Waals surface area contributed by atoms with Crippen LogP contribution in [0.25, 0.3) is 10.2 Å². The minimum Gasteiger partial charge on any atom is -0.287 e. The van der Waals surface area contributed by atoms with Gasteiger partial charge in [-0.1, -0.05) is 17.7 Å². The Morgan fingerprint density at radius 2 is 1.86 bits per heavy atom. The van der Waals surface area contributed by atoms with Gasteiger partial charge in [0.05, 0.1) is 10.3 Å². The molecule has 0 saturated carbocycles. The minimum absolute atomic E-state index is 0.000926. The number of sulfonamides is 1. The van der Waals surface area contributed by atoms with Crippen LogP contribution in [0, 0.1) is 13.8 Å². The molecular weight excluding hydrogens is 410 g/mol. The monoisotopic (exact) mass is 431 g/mol. The Morgan fingerprint density at radius 1 is 1.17 bits per heavy atom. The van der Waals surface area contributed by atoms with Gasteiger partial charge in [0.1, 0.15) is 17.2 Å². The van der Waals surface area contributed by atoms with Gasteiger partial charge in [-0.2, -0.15) is 0 Å². The van der Waals surface area contributed by atoms with Crippen molar-refractivity contribution < 1.29 is 13.2 Å². The zero-order chi connectivity index (χ0) is 20.8. The Morgan fingerprint density at radius 3 is 2.59 bits per heavy atom. The molecule has 152 valence electrons. The average Bonchev–Trinajstić information content (AvgIpc) is 3.03. The normalized spacial score (nSPS) is 14.0. The van der Waals surface area contributed by atoms with E-state index < -0.39 is 22.5 Å². The van der Waals surface area contributed by atoms with E-state index in [-0.39, 0.29) is 10.5 Å². The van der Waals surface area contributed by atoms with Crippen LogP contribution >= 0.6 is 11.3 Å². The molecule has 0 radical (unpaired) electrons. The fraction of sp³-hybridized carbons (Fsp3) is 0.350. The molecule has 0 unspecified atom stereocenters. The van der Waals surface area contributed by atoms with Crippen molar-refractivity contribution >= 4 is 37.5 Å². The number of nitrogens with zero attached hydrogens (tertiary/aromatic N) is 2. The van der Waals surface area contributed by atoms with Gasteiger partial charge in [-0.3, -0.25) is 14.2 Å². The minimum atomic E-state index is -4.00. The summed E-state index contributed by atoms with van der Waals surface area (Å²) < 4.78 is 28.2. The first-order valence-electron chi connectivity index (χ1n) is 9.40. The lowest BCUT2D eigenvalue weighted by molar-refractivity contribution is -0.120. The highest BCUT2D eigenvalue weighted by atomic mass is 32.2. The van der Waals surface area contributed by atoms with Gasteiger partial charge in [0, 0.05) is 4.88 Å². The molecule has 0 fully saturated rings. The molecule has 2 heterocycles. The zero-order valence-corrected chi connectivity index (χ0v) is 17.8. The molecule has 1 aliphatic rings. The van der Waals surface area contributed by atoms with Crippen LogP contribution < -0.4 is 10.3 Å². The smallest absolute Gasteiger partial charge is 0.264 e. The van der Waals surface area contributed by atoms with Crippen LogP contribution in [0.5, 0.6) is 0 Å². The third-order valence-electron chi connectivity index (χ3n) is 5.15. The Labute approximate surface area is 172 Å². The molecule has 0 bridgehead atoms. The fourth-order valence-electron chi connectivity index (χ4n) is 3.63. The van der Waals surface area contributed by atoms with Crippen LogP contribution in [-0.2, 0) is 34.2 Å². The molecule has 1 N–H and O–H groups in total. The molecule has 0 saturated heterocycles. The topological polar surface area (TPSA) is 98.1 Å². The van der Waals surface area contributed by atoms with Crippen LogP contribution in [0.1, 0.15) is 34.7 Å². The SMILES string of the molecule is Cc1ccc(S(=O)(=O)NC(=O)Cn2c(C)nc3sc4c(c3c2=O)CCCC4)cc1. The summed E-state index contributed by atoms with van der Waals surface area (Å²) in [7, 11) is -4.00. The molecule has 29 heavy (non-hydrogen) atoms. The van der Waals surface area contributed by atoms with Gasteiger partial charge >= 0.3 is 0 Å². The van der Waals surface area contributed by atoms with Crippen molar-refractivity contribution in [1.82, 2.24) is 14.3 Å². The Hall–Kier alpha value is -2.52. The van der Waals surface area contributed by atoms with Gasteiger partial charge in [0.25, 0.3) is 21.5 Å². The summed E-state index contributed by atoms with van der Waals surface area (Å²) in [6, 6.07) is 6.19. The lowest BCUT2D eigenvalue weighted by Gasteiger charge is -2.12. The fourth-order valence-corrected chi connectivity index (χ4v) is 5.90. The van der Waals surface area contributed by atoms with Gasteiger partial charge in [-0.25, -0.2) is 18.1 Å². The van der Waals surface area contributed by atoms with Crippen LogP contribution in [-0.4, -0.2) is 23.9 Å². The molecule has 1 amide bonds. The van der Waals surface area contributed by atoms with E-state index in [4.69, 9.17) is 0 Å². The second-order valence-corrected chi connectivity index (χ2v) is 10.0. The Bertz CT molecular complexity index is 1270. The summed E-state index contributed by atoms with van der Waals surface area (Å²) in [4.78, 5) is 32.0. The first kappa shape index (κ1) is 19.8. The number of carbonyl (C=O) groups is 1. The van der Waals surface area contributed by atoms with Crippen molar-refractivity contribution in [2.24, 2.45) is 0 Å². The molecular formula is C20H21N3O4S2. The second kappa shape index (κ2) is 7.38. The number of thiophene rings is 1.